The van der Waals surface area contributed by atoms with Gasteiger partial charge in [-0.25, -0.2) is 9.18 Å². The zero-order valence-electron chi connectivity index (χ0n) is 14.1. The Hall–Kier alpha value is -1.80. The van der Waals surface area contributed by atoms with Gasteiger partial charge in [0.15, 0.2) is 0 Å². The predicted octanol–water partition coefficient (Wildman–Crippen LogP) is 3.95. The van der Waals surface area contributed by atoms with E-state index >= 15 is 0 Å². The molecule has 22 heavy (non-hydrogen) atoms. The van der Waals surface area contributed by atoms with E-state index in [1.165, 1.54) is 0 Å². The molecule has 0 aliphatic heterocycles. The number of ether oxygens (including phenoxy) is 1. The van der Waals surface area contributed by atoms with Crippen molar-refractivity contribution in [2.24, 2.45) is 5.73 Å². The van der Waals surface area contributed by atoms with Crippen LogP contribution >= 0.6 is 0 Å². The summed E-state index contributed by atoms with van der Waals surface area (Å²) in [5.74, 6) is 2.62. The van der Waals surface area contributed by atoms with E-state index < -0.39 is 19.6 Å². The average Bonchev–Trinajstić information content (AvgIpc) is 2.32. The molecule has 0 radical (unpaired) electrons. The monoisotopic (exact) mass is 321 g/mol. The summed E-state index contributed by atoms with van der Waals surface area (Å²) in [5.41, 5.74) is 9.24. The molecule has 0 bridgehead atoms. The summed E-state index contributed by atoms with van der Waals surface area (Å²) in [6, 6.07) is 3.39. The first-order valence-corrected chi connectivity index (χ1v) is 10.7. The van der Waals surface area contributed by atoms with Gasteiger partial charge in [-0.2, -0.15) is 0 Å². The third kappa shape index (κ3) is 5.19. The molecule has 1 rings (SSSR count). The fraction of sp³-hybridized carbons (Fsp3) is 0.471. The lowest BCUT2D eigenvalue weighted by Gasteiger charge is -2.24. The van der Waals surface area contributed by atoms with Gasteiger partial charge in [0, 0.05) is 5.56 Å². The summed E-state index contributed by atoms with van der Waals surface area (Å²) in [6.07, 6.45) is -0.872. The number of primary amides is 1. The van der Waals surface area contributed by atoms with Gasteiger partial charge < -0.3 is 10.5 Å². The van der Waals surface area contributed by atoms with Crippen LogP contribution in [0.25, 0.3) is 0 Å². The van der Waals surface area contributed by atoms with Crippen LogP contribution in [-0.4, -0.2) is 14.2 Å². The highest BCUT2D eigenvalue weighted by molar-refractivity contribution is 6.83. The van der Waals surface area contributed by atoms with Crippen molar-refractivity contribution < 1.29 is 13.9 Å². The van der Waals surface area contributed by atoms with E-state index in [-0.39, 0.29) is 12.4 Å². The molecule has 0 aliphatic carbocycles. The molecule has 1 amide bonds. The van der Waals surface area contributed by atoms with Crippen LogP contribution in [0.4, 0.5) is 9.18 Å². The Morgan fingerprint density at radius 1 is 1.32 bits per heavy atom. The standard InChI is InChI=1S/C17H24FNO2Si/c1-17(2,3)14-13(11-21-16(19)20)8-7-12(15(14)18)9-10-22(4,5)6/h7-8H,11H2,1-6H3,(H2,19,20). The zero-order valence-corrected chi connectivity index (χ0v) is 15.1. The summed E-state index contributed by atoms with van der Waals surface area (Å²) < 4.78 is 19.7. The second kappa shape index (κ2) is 6.53. The average molecular weight is 321 g/mol. The van der Waals surface area contributed by atoms with E-state index in [9.17, 15) is 9.18 Å². The topological polar surface area (TPSA) is 52.3 Å². The van der Waals surface area contributed by atoms with Crippen molar-refractivity contribution in [2.45, 2.75) is 52.4 Å². The summed E-state index contributed by atoms with van der Waals surface area (Å²) in [4.78, 5) is 10.8. The highest BCUT2D eigenvalue weighted by atomic mass is 28.3. The highest BCUT2D eigenvalue weighted by Crippen LogP contribution is 2.31. The van der Waals surface area contributed by atoms with Crippen LogP contribution in [0, 0.1) is 17.3 Å². The van der Waals surface area contributed by atoms with Gasteiger partial charge in [-0.1, -0.05) is 52.4 Å². The zero-order chi connectivity index (χ0) is 17.1. The second-order valence-corrected chi connectivity index (χ2v) is 12.1. The minimum Gasteiger partial charge on any atom is -0.445 e. The van der Waals surface area contributed by atoms with E-state index in [0.717, 1.165) is 0 Å². The number of halogens is 1. The first kappa shape index (κ1) is 18.2. The van der Waals surface area contributed by atoms with Crippen LogP contribution in [0.2, 0.25) is 19.6 Å². The van der Waals surface area contributed by atoms with Gasteiger partial charge in [0.1, 0.15) is 20.5 Å². The number of hydrogen-bond donors (Lipinski definition) is 1. The molecule has 0 spiro atoms. The van der Waals surface area contributed by atoms with Crippen molar-refractivity contribution in [3.05, 3.63) is 34.6 Å². The summed E-state index contributed by atoms with van der Waals surface area (Å²) in [7, 11) is -1.58. The van der Waals surface area contributed by atoms with Gasteiger partial charge >= 0.3 is 6.09 Å². The highest BCUT2D eigenvalue weighted by Gasteiger charge is 2.24. The van der Waals surface area contributed by atoms with Crippen LogP contribution in [0.15, 0.2) is 12.1 Å². The molecule has 3 nitrogen and oxygen atoms in total. The van der Waals surface area contributed by atoms with Crippen molar-refractivity contribution >= 4 is 14.2 Å². The normalized spacial score (nSPS) is 11.6. The number of rotatable bonds is 2. The quantitative estimate of drug-likeness (QED) is 0.662. The van der Waals surface area contributed by atoms with Crippen LogP contribution in [0.3, 0.4) is 0 Å². The molecule has 0 saturated heterocycles. The number of hydrogen-bond acceptors (Lipinski definition) is 2. The molecule has 0 aromatic heterocycles. The summed E-state index contributed by atoms with van der Waals surface area (Å²) in [6.45, 7) is 12.0. The Morgan fingerprint density at radius 2 is 1.91 bits per heavy atom. The molecule has 0 atom stereocenters. The van der Waals surface area contributed by atoms with Crippen molar-refractivity contribution in [2.75, 3.05) is 0 Å². The molecule has 0 heterocycles. The van der Waals surface area contributed by atoms with E-state index in [0.29, 0.717) is 16.7 Å². The van der Waals surface area contributed by atoms with Crippen LogP contribution < -0.4 is 5.73 Å². The minimum absolute atomic E-state index is 0.0411. The minimum atomic E-state index is -1.58. The van der Waals surface area contributed by atoms with Crippen LogP contribution in [0.1, 0.15) is 37.5 Å². The molecule has 0 fully saturated rings. The van der Waals surface area contributed by atoms with E-state index in [1.807, 2.05) is 20.8 Å². The van der Waals surface area contributed by atoms with Crippen molar-refractivity contribution in [3.8, 4) is 11.5 Å². The van der Waals surface area contributed by atoms with Crippen molar-refractivity contribution in [1.82, 2.24) is 0 Å². The predicted molar refractivity (Wildman–Crippen MR) is 89.7 cm³/mol. The van der Waals surface area contributed by atoms with Gasteiger partial charge in [0.2, 0.25) is 0 Å². The van der Waals surface area contributed by atoms with E-state index in [4.69, 9.17) is 10.5 Å². The van der Waals surface area contributed by atoms with Crippen molar-refractivity contribution in [3.63, 3.8) is 0 Å². The first-order chi connectivity index (χ1) is 9.92. The summed E-state index contributed by atoms with van der Waals surface area (Å²) >= 11 is 0. The Kier molecular flexibility index (Phi) is 5.42. The molecule has 2 N–H and O–H groups in total. The third-order valence-corrected chi connectivity index (χ3v) is 3.80. The van der Waals surface area contributed by atoms with Crippen LogP contribution in [-0.2, 0) is 16.8 Å². The number of amides is 1. The molecule has 1 aromatic rings. The van der Waals surface area contributed by atoms with Gasteiger partial charge in [-0.3, -0.25) is 0 Å². The third-order valence-electron chi connectivity index (χ3n) is 2.92. The largest absolute Gasteiger partial charge is 0.445 e. The number of benzene rings is 1. The Labute approximate surface area is 133 Å². The lowest BCUT2D eigenvalue weighted by molar-refractivity contribution is 0.149. The van der Waals surface area contributed by atoms with Gasteiger partial charge in [0.05, 0.1) is 5.56 Å². The molecule has 120 valence electrons. The maximum atomic E-state index is 14.9. The molecular weight excluding hydrogens is 297 g/mol. The molecule has 5 heteroatoms. The Morgan fingerprint density at radius 3 is 2.36 bits per heavy atom. The Bertz CT molecular complexity index is 631. The maximum Gasteiger partial charge on any atom is 0.404 e. The van der Waals surface area contributed by atoms with E-state index in [1.54, 1.807) is 12.1 Å². The number of carbonyl (C=O) groups is 1. The first-order valence-electron chi connectivity index (χ1n) is 7.19. The molecular formula is C17H24FNO2Si. The van der Waals surface area contributed by atoms with Gasteiger partial charge in [-0.05, 0) is 17.0 Å². The van der Waals surface area contributed by atoms with Gasteiger partial charge in [0.25, 0.3) is 0 Å². The maximum absolute atomic E-state index is 14.9. The SMILES string of the molecule is CC(C)(C)c1c(COC(N)=O)ccc(C#C[Si](C)(C)C)c1F. The van der Waals surface area contributed by atoms with Crippen molar-refractivity contribution in [1.29, 1.82) is 0 Å². The molecule has 1 aromatic carbocycles. The smallest absolute Gasteiger partial charge is 0.404 e. The van der Waals surface area contributed by atoms with Crippen LogP contribution in [0.5, 0.6) is 0 Å². The number of carbonyl (C=O) groups excluding carboxylic acids is 1. The lowest BCUT2D eigenvalue weighted by atomic mass is 9.82. The second-order valence-electron chi connectivity index (χ2n) is 7.32. The lowest BCUT2D eigenvalue weighted by Crippen LogP contribution is -2.20. The molecule has 0 saturated carbocycles. The van der Waals surface area contributed by atoms with Gasteiger partial charge in [-0.15, -0.1) is 5.54 Å². The molecule has 0 aliphatic rings. The summed E-state index contributed by atoms with van der Waals surface area (Å²) in [5, 5.41) is 0. The fourth-order valence-electron chi connectivity index (χ4n) is 2.05. The molecule has 0 unspecified atom stereocenters. The fourth-order valence-corrected chi connectivity index (χ4v) is 2.56. The number of nitrogens with two attached hydrogens (primary N) is 1. The van der Waals surface area contributed by atoms with E-state index in [2.05, 4.69) is 31.1 Å². The Balaban J connectivity index is 3.37.